The third-order valence-electron chi connectivity index (χ3n) is 3.10. The molecule has 0 spiro atoms. The second-order valence-corrected chi connectivity index (χ2v) is 7.83. The van der Waals surface area contributed by atoms with Crippen molar-refractivity contribution in [2.24, 2.45) is 0 Å². The lowest BCUT2D eigenvalue weighted by Crippen LogP contribution is -2.46. The summed E-state index contributed by atoms with van der Waals surface area (Å²) >= 11 is 1.45. The molecular formula is C10H17NO4S2. The van der Waals surface area contributed by atoms with Crippen LogP contribution in [-0.2, 0) is 14.8 Å². The first kappa shape index (κ1) is 13.2. The number of nitrogens with zero attached hydrogens (tertiary/aromatic N) is 1. The summed E-state index contributed by atoms with van der Waals surface area (Å²) in [6, 6.07) is -0.873. The number of sulfonamides is 1. The summed E-state index contributed by atoms with van der Waals surface area (Å²) in [5.74, 6) is -0.660. The molecule has 0 bridgehead atoms. The van der Waals surface area contributed by atoms with Crippen molar-refractivity contribution in [3.63, 3.8) is 0 Å². The van der Waals surface area contributed by atoms with Gasteiger partial charge in [0.2, 0.25) is 10.0 Å². The van der Waals surface area contributed by atoms with Crippen LogP contribution in [0.1, 0.15) is 32.6 Å². The lowest BCUT2D eigenvalue weighted by Gasteiger charge is -2.26. The van der Waals surface area contributed by atoms with Gasteiger partial charge >= 0.3 is 5.97 Å². The van der Waals surface area contributed by atoms with Crippen LogP contribution in [0.15, 0.2) is 0 Å². The van der Waals surface area contributed by atoms with Crippen molar-refractivity contribution < 1.29 is 18.3 Å². The number of carboxylic acids is 1. The smallest absolute Gasteiger partial charge is 0.322 e. The molecule has 5 nitrogen and oxygen atoms in total. The molecule has 0 aromatic heterocycles. The summed E-state index contributed by atoms with van der Waals surface area (Å²) in [5.41, 5.74) is 0. The molecular weight excluding hydrogens is 262 g/mol. The van der Waals surface area contributed by atoms with E-state index < -0.39 is 22.0 Å². The summed E-state index contributed by atoms with van der Waals surface area (Å²) in [5, 5.41) is 8.60. The van der Waals surface area contributed by atoms with Gasteiger partial charge in [-0.25, -0.2) is 8.42 Å². The quantitative estimate of drug-likeness (QED) is 0.816. The molecule has 0 radical (unpaired) electrons. The Balaban J connectivity index is 2.25. The molecule has 1 N–H and O–H groups in total. The fourth-order valence-corrected chi connectivity index (χ4v) is 6.14. The van der Waals surface area contributed by atoms with Crippen LogP contribution in [0.25, 0.3) is 0 Å². The van der Waals surface area contributed by atoms with Crippen molar-refractivity contribution in [2.45, 2.75) is 49.3 Å². The maximum atomic E-state index is 12.2. The Morgan fingerprint density at radius 2 is 2.12 bits per heavy atom. The molecule has 1 saturated carbocycles. The van der Waals surface area contributed by atoms with Crippen LogP contribution in [0.5, 0.6) is 0 Å². The number of rotatable bonds is 5. The predicted octanol–water partition coefficient (Wildman–Crippen LogP) is 1.11. The molecule has 2 unspecified atom stereocenters. The Morgan fingerprint density at radius 1 is 1.47 bits per heavy atom. The molecule has 0 aromatic carbocycles. The molecule has 98 valence electrons. The molecule has 1 aliphatic carbocycles. The zero-order valence-electron chi connectivity index (χ0n) is 9.70. The van der Waals surface area contributed by atoms with Crippen LogP contribution < -0.4 is 0 Å². The molecule has 17 heavy (non-hydrogen) atoms. The largest absolute Gasteiger partial charge is 0.480 e. The summed E-state index contributed by atoms with van der Waals surface area (Å²) < 4.78 is 25.8. The van der Waals surface area contributed by atoms with Crippen molar-refractivity contribution in [1.29, 1.82) is 0 Å². The maximum Gasteiger partial charge on any atom is 0.322 e. The zero-order valence-corrected chi connectivity index (χ0v) is 11.3. The van der Waals surface area contributed by atoms with Gasteiger partial charge in [0, 0.05) is 5.75 Å². The fraction of sp³-hybridized carbons (Fsp3) is 0.900. The van der Waals surface area contributed by atoms with Crippen molar-refractivity contribution >= 4 is 27.8 Å². The number of hydrogen-bond acceptors (Lipinski definition) is 4. The van der Waals surface area contributed by atoms with Gasteiger partial charge in [-0.15, -0.1) is 11.8 Å². The molecule has 2 atom stereocenters. The van der Waals surface area contributed by atoms with Crippen molar-refractivity contribution in [2.75, 3.05) is 5.75 Å². The van der Waals surface area contributed by atoms with Crippen molar-refractivity contribution in [3.8, 4) is 0 Å². The second-order valence-electron chi connectivity index (χ2n) is 4.50. The van der Waals surface area contributed by atoms with Crippen molar-refractivity contribution in [1.82, 2.24) is 4.31 Å². The van der Waals surface area contributed by atoms with Crippen LogP contribution in [-0.4, -0.2) is 46.2 Å². The lowest BCUT2D eigenvalue weighted by molar-refractivity contribution is -0.140. The van der Waals surface area contributed by atoms with Crippen molar-refractivity contribution in [3.05, 3.63) is 0 Å². The Hall–Kier alpha value is -0.270. The average molecular weight is 279 g/mol. The third kappa shape index (κ3) is 2.46. The highest BCUT2D eigenvalue weighted by Crippen LogP contribution is 2.40. The zero-order chi connectivity index (χ0) is 12.6. The Bertz CT molecular complexity index is 405. The van der Waals surface area contributed by atoms with E-state index in [1.807, 2.05) is 6.92 Å². The number of carboxylic acid groups (broad SMARTS) is 1. The first-order chi connectivity index (χ1) is 7.98. The number of aliphatic carboxylic acids is 1. The SMILES string of the molecule is CCCC1SCC(C(=O)O)N1S(=O)(=O)C1CC1. The Morgan fingerprint density at radius 3 is 2.59 bits per heavy atom. The molecule has 0 aromatic rings. The van der Waals surface area contributed by atoms with E-state index in [2.05, 4.69) is 0 Å². The molecule has 2 fully saturated rings. The first-order valence-electron chi connectivity index (χ1n) is 5.85. The van der Waals surface area contributed by atoms with E-state index in [0.717, 1.165) is 12.8 Å². The molecule has 1 saturated heterocycles. The minimum atomic E-state index is -3.40. The van der Waals surface area contributed by atoms with E-state index in [9.17, 15) is 13.2 Å². The van der Waals surface area contributed by atoms with E-state index in [1.165, 1.54) is 16.1 Å². The predicted molar refractivity (Wildman–Crippen MR) is 66.4 cm³/mol. The van der Waals surface area contributed by atoms with E-state index in [4.69, 9.17) is 5.11 Å². The van der Waals surface area contributed by atoms with Gasteiger partial charge in [-0.3, -0.25) is 4.79 Å². The van der Waals surface area contributed by atoms with E-state index in [0.29, 0.717) is 18.6 Å². The molecule has 2 aliphatic rings. The van der Waals surface area contributed by atoms with Gasteiger partial charge in [-0.2, -0.15) is 4.31 Å². The monoisotopic (exact) mass is 279 g/mol. The number of thioether (sulfide) groups is 1. The van der Waals surface area contributed by atoms with E-state index >= 15 is 0 Å². The highest BCUT2D eigenvalue weighted by atomic mass is 32.2. The molecule has 7 heteroatoms. The minimum Gasteiger partial charge on any atom is -0.480 e. The average Bonchev–Trinajstić information content (AvgIpc) is 3.01. The van der Waals surface area contributed by atoms with Gasteiger partial charge in [0.05, 0.1) is 10.6 Å². The van der Waals surface area contributed by atoms with E-state index in [-0.39, 0.29) is 10.6 Å². The van der Waals surface area contributed by atoms with Gasteiger partial charge in [0.1, 0.15) is 6.04 Å². The van der Waals surface area contributed by atoms with E-state index in [1.54, 1.807) is 0 Å². The van der Waals surface area contributed by atoms with Crippen LogP contribution in [0.4, 0.5) is 0 Å². The summed E-state index contributed by atoms with van der Waals surface area (Å²) in [6.45, 7) is 1.98. The summed E-state index contributed by atoms with van der Waals surface area (Å²) in [6.07, 6.45) is 2.93. The topological polar surface area (TPSA) is 74.7 Å². The normalized spacial score (nSPS) is 30.6. The van der Waals surface area contributed by atoms with Gasteiger partial charge in [-0.1, -0.05) is 13.3 Å². The highest BCUT2D eigenvalue weighted by Gasteiger charge is 2.50. The lowest BCUT2D eigenvalue weighted by atomic mass is 10.3. The molecule has 0 amide bonds. The van der Waals surface area contributed by atoms with Gasteiger partial charge in [0.15, 0.2) is 0 Å². The van der Waals surface area contributed by atoms with Gasteiger partial charge in [-0.05, 0) is 19.3 Å². The summed E-state index contributed by atoms with van der Waals surface area (Å²) in [4.78, 5) is 11.1. The van der Waals surface area contributed by atoms with Crippen LogP contribution in [0, 0.1) is 0 Å². The fourth-order valence-electron chi connectivity index (χ4n) is 2.07. The molecule has 2 rings (SSSR count). The summed E-state index contributed by atoms with van der Waals surface area (Å²) in [7, 11) is -3.40. The van der Waals surface area contributed by atoms with Gasteiger partial charge in [0.25, 0.3) is 0 Å². The first-order valence-corrected chi connectivity index (χ1v) is 8.40. The molecule has 1 aliphatic heterocycles. The van der Waals surface area contributed by atoms with Crippen LogP contribution in [0.2, 0.25) is 0 Å². The molecule has 1 heterocycles. The standard InChI is InChI=1S/C10H17NO4S2/c1-2-3-9-11(8(6-16-9)10(12)13)17(14,15)7-4-5-7/h7-9H,2-6H2,1H3,(H,12,13). The van der Waals surface area contributed by atoms with Crippen LogP contribution >= 0.6 is 11.8 Å². The van der Waals surface area contributed by atoms with Crippen LogP contribution in [0.3, 0.4) is 0 Å². The van der Waals surface area contributed by atoms with Gasteiger partial charge < -0.3 is 5.11 Å². The Kier molecular flexibility index (Phi) is 3.70. The number of hydrogen-bond donors (Lipinski definition) is 1. The second kappa shape index (κ2) is 4.78. The Labute approximate surface area is 106 Å². The minimum absolute atomic E-state index is 0.188. The number of carbonyl (C=O) groups is 1. The maximum absolute atomic E-state index is 12.2. The third-order valence-corrected chi connectivity index (χ3v) is 7.00. The highest BCUT2D eigenvalue weighted by molar-refractivity contribution is 8.01.